The van der Waals surface area contributed by atoms with Crippen LogP contribution in [0.4, 0.5) is 0 Å². The van der Waals surface area contributed by atoms with E-state index in [2.05, 4.69) is 6.92 Å². The van der Waals surface area contributed by atoms with Gasteiger partial charge in [0.1, 0.15) is 0 Å². The molecule has 1 heteroatoms. The van der Waals surface area contributed by atoms with Gasteiger partial charge >= 0.3 is 0 Å². The van der Waals surface area contributed by atoms with Crippen molar-refractivity contribution in [3.8, 4) is 0 Å². The Morgan fingerprint density at radius 1 is 1.58 bits per heavy atom. The molecule has 0 spiro atoms. The van der Waals surface area contributed by atoms with E-state index in [4.69, 9.17) is 0 Å². The molecule has 1 nitrogen and oxygen atoms in total. The Morgan fingerprint density at radius 3 is 2.83 bits per heavy atom. The third-order valence-electron chi connectivity index (χ3n) is 1.96. The van der Waals surface area contributed by atoms with Crippen molar-refractivity contribution in [3.63, 3.8) is 0 Å². The van der Waals surface area contributed by atoms with Crippen LogP contribution in [0.5, 0.6) is 0 Å². The molecule has 1 aliphatic carbocycles. The zero-order valence-corrected chi connectivity index (χ0v) is 7.58. The van der Waals surface area contributed by atoms with E-state index in [1.54, 1.807) is 6.08 Å². The van der Waals surface area contributed by atoms with Crippen molar-refractivity contribution >= 4 is 5.78 Å². The molecule has 0 saturated carbocycles. The number of carbonyl (C=O) groups is 1. The van der Waals surface area contributed by atoms with Gasteiger partial charge in [-0.3, -0.25) is 4.79 Å². The van der Waals surface area contributed by atoms with Gasteiger partial charge in [0.05, 0.1) is 0 Å². The molecule has 0 amide bonds. The standard InChI is InChI=1S/C11H14O/c1-3-4-5-6-10-9(2)7-8-11(10)12/h4-9H,3H2,1-2H3/b5-4+,10-6+/t9-/m0/s1. The van der Waals surface area contributed by atoms with E-state index in [-0.39, 0.29) is 5.78 Å². The van der Waals surface area contributed by atoms with Crippen molar-refractivity contribution in [2.24, 2.45) is 5.92 Å². The van der Waals surface area contributed by atoms with Gasteiger partial charge < -0.3 is 0 Å². The third kappa shape index (κ3) is 1.94. The largest absolute Gasteiger partial charge is 0.290 e. The topological polar surface area (TPSA) is 17.1 Å². The van der Waals surface area contributed by atoms with Gasteiger partial charge in [-0.2, -0.15) is 0 Å². The summed E-state index contributed by atoms with van der Waals surface area (Å²) in [7, 11) is 0. The summed E-state index contributed by atoms with van der Waals surface area (Å²) in [5, 5.41) is 0. The lowest BCUT2D eigenvalue weighted by Gasteiger charge is -1.99. The maximum absolute atomic E-state index is 11.2. The number of hydrogen-bond donors (Lipinski definition) is 0. The number of allylic oxidation sites excluding steroid dienone is 6. The predicted octanol–water partition coefficient (Wildman–Crippen LogP) is 2.65. The van der Waals surface area contributed by atoms with Crippen molar-refractivity contribution < 1.29 is 4.79 Å². The second-order valence-electron chi connectivity index (χ2n) is 2.97. The van der Waals surface area contributed by atoms with Crippen LogP contribution in [0.25, 0.3) is 0 Å². The molecule has 64 valence electrons. The van der Waals surface area contributed by atoms with Gasteiger partial charge in [-0.05, 0) is 12.5 Å². The Kier molecular flexibility index (Phi) is 3.03. The van der Waals surface area contributed by atoms with Gasteiger partial charge in [0.15, 0.2) is 5.78 Å². The van der Waals surface area contributed by atoms with Gasteiger partial charge in [0, 0.05) is 11.5 Å². The van der Waals surface area contributed by atoms with E-state index in [0.29, 0.717) is 5.92 Å². The second-order valence-corrected chi connectivity index (χ2v) is 2.97. The number of ketones is 1. The van der Waals surface area contributed by atoms with Crippen LogP contribution >= 0.6 is 0 Å². The smallest absolute Gasteiger partial charge is 0.182 e. The fourth-order valence-electron chi connectivity index (χ4n) is 1.20. The summed E-state index contributed by atoms with van der Waals surface area (Å²) in [4.78, 5) is 11.2. The molecule has 0 aromatic heterocycles. The predicted molar refractivity (Wildman–Crippen MR) is 50.8 cm³/mol. The molecule has 0 aromatic carbocycles. The lowest BCUT2D eigenvalue weighted by atomic mass is 10.0. The average molecular weight is 162 g/mol. The Labute approximate surface area is 73.5 Å². The van der Waals surface area contributed by atoms with Crippen LogP contribution in [0.3, 0.4) is 0 Å². The summed E-state index contributed by atoms with van der Waals surface area (Å²) in [6.45, 7) is 4.11. The summed E-state index contributed by atoms with van der Waals surface area (Å²) >= 11 is 0. The zero-order chi connectivity index (χ0) is 8.97. The first-order valence-corrected chi connectivity index (χ1v) is 4.35. The Balaban J connectivity index is 2.69. The molecule has 0 N–H and O–H groups in total. The molecule has 0 aliphatic heterocycles. The van der Waals surface area contributed by atoms with Crippen LogP contribution in [0, 0.1) is 5.92 Å². The highest BCUT2D eigenvalue weighted by Gasteiger charge is 2.17. The van der Waals surface area contributed by atoms with E-state index in [9.17, 15) is 4.79 Å². The minimum absolute atomic E-state index is 0.156. The molecule has 12 heavy (non-hydrogen) atoms. The SMILES string of the molecule is CC/C=C/C=C1/C(=O)C=C[C@@H]1C. The van der Waals surface area contributed by atoms with Crippen molar-refractivity contribution in [1.29, 1.82) is 0 Å². The third-order valence-corrected chi connectivity index (χ3v) is 1.96. The summed E-state index contributed by atoms with van der Waals surface area (Å²) in [6, 6.07) is 0. The molecule has 0 saturated heterocycles. The molecular formula is C11H14O. The Bertz CT molecular complexity index is 256. The zero-order valence-electron chi connectivity index (χ0n) is 7.58. The van der Waals surface area contributed by atoms with Gasteiger partial charge in [0.2, 0.25) is 0 Å². The average Bonchev–Trinajstić information content (AvgIpc) is 2.35. The number of hydrogen-bond acceptors (Lipinski definition) is 1. The molecule has 1 rings (SSSR count). The lowest BCUT2D eigenvalue weighted by molar-refractivity contribution is -0.111. The molecule has 0 heterocycles. The van der Waals surface area contributed by atoms with Crippen LogP contribution in [-0.4, -0.2) is 5.78 Å². The number of carbonyl (C=O) groups excluding carboxylic acids is 1. The molecule has 1 aliphatic rings. The highest BCUT2D eigenvalue weighted by Crippen LogP contribution is 2.20. The van der Waals surface area contributed by atoms with Gasteiger partial charge in [-0.25, -0.2) is 0 Å². The first-order valence-electron chi connectivity index (χ1n) is 4.35. The van der Waals surface area contributed by atoms with E-state index in [1.807, 2.05) is 31.2 Å². The molecule has 0 aromatic rings. The van der Waals surface area contributed by atoms with Gasteiger partial charge in [-0.15, -0.1) is 0 Å². The van der Waals surface area contributed by atoms with Crippen molar-refractivity contribution in [3.05, 3.63) is 36.0 Å². The maximum atomic E-state index is 11.2. The second kappa shape index (κ2) is 4.05. The van der Waals surface area contributed by atoms with E-state index in [1.165, 1.54) is 0 Å². The van der Waals surface area contributed by atoms with Gasteiger partial charge in [0.25, 0.3) is 0 Å². The first kappa shape index (κ1) is 8.98. The highest BCUT2D eigenvalue weighted by molar-refractivity contribution is 6.07. The summed E-state index contributed by atoms with van der Waals surface area (Å²) in [6.07, 6.45) is 10.5. The van der Waals surface area contributed by atoms with E-state index < -0.39 is 0 Å². The summed E-state index contributed by atoms with van der Waals surface area (Å²) in [5.41, 5.74) is 0.903. The molecule has 0 fully saturated rings. The molecule has 0 unspecified atom stereocenters. The van der Waals surface area contributed by atoms with Gasteiger partial charge in [-0.1, -0.05) is 38.2 Å². The molecule has 0 radical (unpaired) electrons. The van der Waals surface area contributed by atoms with Crippen molar-refractivity contribution in [2.75, 3.05) is 0 Å². The van der Waals surface area contributed by atoms with E-state index in [0.717, 1.165) is 12.0 Å². The molecular weight excluding hydrogens is 148 g/mol. The van der Waals surface area contributed by atoms with Crippen LogP contribution in [0.15, 0.2) is 36.0 Å². The number of rotatable bonds is 2. The lowest BCUT2D eigenvalue weighted by Crippen LogP contribution is -1.97. The normalized spacial score (nSPS) is 26.3. The minimum Gasteiger partial charge on any atom is -0.290 e. The Hall–Kier alpha value is -1.11. The fraction of sp³-hybridized carbons (Fsp3) is 0.364. The fourth-order valence-corrected chi connectivity index (χ4v) is 1.20. The summed E-state index contributed by atoms with van der Waals surface area (Å²) in [5.74, 6) is 0.447. The minimum atomic E-state index is 0.156. The summed E-state index contributed by atoms with van der Waals surface area (Å²) < 4.78 is 0. The highest BCUT2D eigenvalue weighted by atomic mass is 16.1. The first-order chi connectivity index (χ1) is 5.75. The quantitative estimate of drug-likeness (QED) is 0.570. The van der Waals surface area contributed by atoms with Crippen molar-refractivity contribution in [1.82, 2.24) is 0 Å². The molecule has 1 atom stereocenters. The van der Waals surface area contributed by atoms with Crippen molar-refractivity contribution in [2.45, 2.75) is 20.3 Å². The van der Waals surface area contributed by atoms with Crippen LogP contribution in [0.1, 0.15) is 20.3 Å². The van der Waals surface area contributed by atoms with Crippen LogP contribution in [-0.2, 0) is 4.79 Å². The molecule has 0 bridgehead atoms. The van der Waals surface area contributed by atoms with Crippen LogP contribution in [0.2, 0.25) is 0 Å². The monoisotopic (exact) mass is 162 g/mol. The maximum Gasteiger partial charge on any atom is 0.182 e. The van der Waals surface area contributed by atoms with Crippen LogP contribution < -0.4 is 0 Å². The Morgan fingerprint density at radius 2 is 2.33 bits per heavy atom. The van der Waals surface area contributed by atoms with E-state index >= 15 is 0 Å².